The Labute approximate surface area is 184 Å². The molecule has 0 bridgehead atoms. The van der Waals surface area contributed by atoms with E-state index in [-0.39, 0.29) is 18.2 Å². The van der Waals surface area contributed by atoms with Crippen LogP contribution in [-0.2, 0) is 13.0 Å². The van der Waals surface area contributed by atoms with Crippen molar-refractivity contribution in [3.05, 3.63) is 106 Å². The number of rotatable bonds is 7. The third-order valence-corrected chi connectivity index (χ3v) is 5.02. The first-order chi connectivity index (χ1) is 15.1. The van der Waals surface area contributed by atoms with E-state index in [1.165, 1.54) is 5.56 Å². The van der Waals surface area contributed by atoms with Crippen molar-refractivity contribution in [3.8, 4) is 5.75 Å². The van der Waals surface area contributed by atoms with Crippen molar-refractivity contribution in [2.45, 2.75) is 20.0 Å². The van der Waals surface area contributed by atoms with Crippen molar-refractivity contribution in [1.29, 1.82) is 0 Å². The average Bonchev–Trinajstić information content (AvgIpc) is 3.16. The van der Waals surface area contributed by atoms with Crippen molar-refractivity contribution in [2.75, 3.05) is 5.32 Å². The van der Waals surface area contributed by atoms with E-state index in [1.54, 1.807) is 43.6 Å². The number of nitrogens with one attached hydrogen (secondary N) is 1. The summed E-state index contributed by atoms with van der Waals surface area (Å²) in [6, 6.07) is 18.7. The molecule has 2 aromatic heterocycles. The first kappa shape index (κ1) is 20.6. The highest BCUT2D eigenvalue weighted by atomic mass is 35.5. The minimum atomic E-state index is -0.353. The van der Waals surface area contributed by atoms with Crippen LogP contribution in [0.3, 0.4) is 0 Å². The maximum Gasteiger partial charge on any atom is 0.278 e. The summed E-state index contributed by atoms with van der Waals surface area (Å²) in [4.78, 5) is 16.8. The van der Waals surface area contributed by atoms with Crippen LogP contribution >= 0.6 is 11.6 Å². The molecule has 0 spiro atoms. The molecule has 0 aliphatic carbocycles. The average molecular weight is 434 g/mol. The minimum Gasteiger partial charge on any atom is -0.489 e. The molecule has 4 aromatic rings. The Kier molecular flexibility index (Phi) is 6.29. The van der Waals surface area contributed by atoms with Gasteiger partial charge in [-0.05, 0) is 73.0 Å². The van der Waals surface area contributed by atoms with Crippen LogP contribution in [0.2, 0.25) is 5.02 Å². The molecule has 0 unspecified atom stereocenters. The molecule has 2 heterocycles. The number of aryl methyl sites for hydroxylation is 1. The monoisotopic (exact) mass is 433 g/mol. The molecule has 2 aromatic carbocycles. The van der Waals surface area contributed by atoms with E-state index in [2.05, 4.69) is 15.5 Å². The Hall–Kier alpha value is -3.64. The number of aromatic nitrogens is 2. The lowest BCUT2D eigenvalue weighted by Gasteiger charge is -2.08. The van der Waals surface area contributed by atoms with E-state index in [4.69, 9.17) is 20.9 Å². The van der Waals surface area contributed by atoms with E-state index in [0.29, 0.717) is 27.8 Å². The first-order valence-electron chi connectivity index (χ1n) is 9.71. The number of nitrogens with zero attached hydrogens (tertiary/aromatic N) is 2. The zero-order valence-electron chi connectivity index (χ0n) is 16.8. The first-order valence-corrected chi connectivity index (χ1v) is 10.1. The number of halogens is 1. The molecule has 0 fully saturated rings. The van der Waals surface area contributed by atoms with Crippen LogP contribution in [0.1, 0.15) is 32.9 Å². The van der Waals surface area contributed by atoms with Gasteiger partial charge in [0.05, 0.1) is 5.56 Å². The fourth-order valence-electron chi connectivity index (χ4n) is 3.06. The summed E-state index contributed by atoms with van der Waals surface area (Å²) in [5, 5.41) is 7.41. The van der Waals surface area contributed by atoms with Crippen molar-refractivity contribution in [3.63, 3.8) is 0 Å². The molecule has 7 heteroatoms. The summed E-state index contributed by atoms with van der Waals surface area (Å²) in [7, 11) is 0. The number of hydrogen-bond donors (Lipinski definition) is 1. The molecule has 1 N–H and O–H groups in total. The highest BCUT2D eigenvalue weighted by Gasteiger charge is 2.20. The van der Waals surface area contributed by atoms with Gasteiger partial charge in [-0.3, -0.25) is 9.78 Å². The van der Waals surface area contributed by atoms with Gasteiger partial charge in [0.1, 0.15) is 18.1 Å². The third-order valence-electron chi connectivity index (χ3n) is 4.77. The number of carbonyl (C=O) groups is 1. The lowest BCUT2D eigenvalue weighted by molar-refractivity contribution is 0.101. The zero-order chi connectivity index (χ0) is 21.6. The van der Waals surface area contributed by atoms with E-state index in [9.17, 15) is 4.79 Å². The number of ether oxygens (including phenoxy) is 1. The topological polar surface area (TPSA) is 77.3 Å². The lowest BCUT2D eigenvalue weighted by atomic mass is 10.1. The van der Waals surface area contributed by atoms with Crippen molar-refractivity contribution < 1.29 is 14.1 Å². The van der Waals surface area contributed by atoms with Crippen LogP contribution in [0, 0.1) is 6.92 Å². The molecule has 6 nitrogen and oxygen atoms in total. The van der Waals surface area contributed by atoms with Crippen molar-refractivity contribution >= 4 is 23.2 Å². The molecular weight excluding hydrogens is 414 g/mol. The molecule has 31 heavy (non-hydrogen) atoms. The summed E-state index contributed by atoms with van der Waals surface area (Å²) < 4.78 is 11.0. The fraction of sp³-hybridized carbons (Fsp3) is 0.125. The second-order valence-corrected chi connectivity index (χ2v) is 7.43. The van der Waals surface area contributed by atoms with E-state index < -0.39 is 0 Å². The Bertz CT molecular complexity index is 1160. The van der Waals surface area contributed by atoms with E-state index in [1.807, 2.05) is 36.4 Å². The Morgan fingerprint density at radius 2 is 1.68 bits per heavy atom. The van der Waals surface area contributed by atoms with Crippen LogP contribution in [0.15, 0.2) is 77.6 Å². The molecule has 0 saturated carbocycles. The van der Waals surface area contributed by atoms with Crippen LogP contribution in [0.5, 0.6) is 5.75 Å². The van der Waals surface area contributed by atoms with Crippen molar-refractivity contribution in [1.82, 2.24) is 10.1 Å². The Morgan fingerprint density at radius 1 is 1.00 bits per heavy atom. The lowest BCUT2D eigenvalue weighted by Crippen LogP contribution is -2.15. The maximum absolute atomic E-state index is 12.8. The molecular formula is C24H20ClN3O3. The fourth-order valence-corrected chi connectivity index (χ4v) is 3.18. The van der Waals surface area contributed by atoms with Crippen LogP contribution in [-0.4, -0.2) is 16.0 Å². The number of hydrogen-bond acceptors (Lipinski definition) is 5. The number of anilines is 1. The predicted molar refractivity (Wildman–Crippen MR) is 118 cm³/mol. The Morgan fingerprint density at radius 3 is 2.39 bits per heavy atom. The van der Waals surface area contributed by atoms with Gasteiger partial charge < -0.3 is 14.6 Å². The highest BCUT2D eigenvalue weighted by Crippen LogP contribution is 2.21. The smallest absolute Gasteiger partial charge is 0.278 e. The standard InChI is InChI=1S/C24H20ClN3O3/c1-16-22(15-30-21-8-4-19(25)5-9-21)23(28-31-16)24(29)27-20-6-2-17(3-7-20)14-18-10-12-26-13-11-18/h2-13H,14-15H2,1H3,(H,27,29). The number of benzene rings is 2. The van der Waals surface area contributed by atoms with Gasteiger partial charge >= 0.3 is 0 Å². The third kappa shape index (κ3) is 5.29. The van der Waals surface area contributed by atoms with Gasteiger partial charge in [0.25, 0.3) is 5.91 Å². The van der Waals surface area contributed by atoms with Gasteiger partial charge in [0.2, 0.25) is 0 Å². The predicted octanol–water partition coefficient (Wildman–Crippen LogP) is 5.45. The van der Waals surface area contributed by atoms with Gasteiger partial charge in [-0.25, -0.2) is 0 Å². The van der Waals surface area contributed by atoms with Gasteiger partial charge in [-0.1, -0.05) is 28.9 Å². The van der Waals surface area contributed by atoms with Crippen LogP contribution in [0.25, 0.3) is 0 Å². The maximum atomic E-state index is 12.8. The molecule has 0 saturated heterocycles. The van der Waals surface area contributed by atoms with Crippen LogP contribution < -0.4 is 10.1 Å². The van der Waals surface area contributed by atoms with E-state index >= 15 is 0 Å². The highest BCUT2D eigenvalue weighted by molar-refractivity contribution is 6.30. The largest absolute Gasteiger partial charge is 0.489 e. The quantitative estimate of drug-likeness (QED) is 0.419. The summed E-state index contributed by atoms with van der Waals surface area (Å²) in [5.74, 6) is 0.821. The number of carbonyl (C=O) groups excluding carboxylic acids is 1. The minimum absolute atomic E-state index is 0.157. The molecule has 1 amide bonds. The molecule has 4 rings (SSSR count). The summed E-state index contributed by atoms with van der Waals surface area (Å²) in [5.41, 5.74) is 3.79. The molecule has 0 aliphatic rings. The SMILES string of the molecule is Cc1onc(C(=O)Nc2ccc(Cc3ccncc3)cc2)c1COc1ccc(Cl)cc1. The summed E-state index contributed by atoms with van der Waals surface area (Å²) in [6.45, 7) is 1.91. The second-order valence-electron chi connectivity index (χ2n) is 6.99. The molecule has 0 atom stereocenters. The normalized spacial score (nSPS) is 10.6. The summed E-state index contributed by atoms with van der Waals surface area (Å²) in [6.07, 6.45) is 4.35. The van der Waals surface area contributed by atoms with Gasteiger partial charge in [-0.2, -0.15) is 0 Å². The number of pyridine rings is 1. The van der Waals surface area contributed by atoms with Crippen LogP contribution in [0.4, 0.5) is 5.69 Å². The molecule has 0 radical (unpaired) electrons. The van der Waals surface area contributed by atoms with Gasteiger partial charge in [0, 0.05) is 23.1 Å². The Balaban J connectivity index is 1.41. The molecule has 0 aliphatic heterocycles. The zero-order valence-corrected chi connectivity index (χ0v) is 17.6. The summed E-state index contributed by atoms with van der Waals surface area (Å²) >= 11 is 5.89. The van der Waals surface area contributed by atoms with E-state index in [0.717, 1.165) is 12.0 Å². The van der Waals surface area contributed by atoms with Gasteiger partial charge in [0.15, 0.2) is 5.69 Å². The second kappa shape index (κ2) is 9.45. The molecule has 156 valence electrons. The number of amides is 1. The van der Waals surface area contributed by atoms with Gasteiger partial charge in [-0.15, -0.1) is 0 Å². The van der Waals surface area contributed by atoms with Crippen molar-refractivity contribution in [2.24, 2.45) is 0 Å².